The van der Waals surface area contributed by atoms with Crippen molar-refractivity contribution in [2.75, 3.05) is 19.0 Å². The van der Waals surface area contributed by atoms with Crippen LogP contribution >= 0.6 is 11.6 Å². The Kier molecular flexibility index (Phi) is 6.18. The van der Waals surface area contributed by atoms with Crippen LogP contribution in [-0.2, 0) is 11.3 Å². The molecule has 0 fully saturated rings. The van der Waals surface area contributed by atoms with Gasteiger partial charge in [0.05, 0.1) is 12.1 Å². The number of carbonyl (C=O) groups is 1. The van der Waals surface area contributed by atoms with E-state index in [2.05, 4.69) is 15.6 Å². The number of nitrogens with one attached hydrogen (secondary N) is 2. The summed E-state index contributed by atoms with van der Waals surface area (Å²) in [5, 5.41) is 6.47. The Balaban J connectivity index is 1.73. The summed E-state index contributed by atoms with van der Waals surface area (Å²) in [5.41, 5.74) is 1.74. The number of nitrogens with zero attached hydrogens (tertiary/aromatic N) is 1. The number of carbonyl (C=O) groups excluding carboxylic acids is 1. The quantitative estimate of drug-likeness (QED) is 0.770. The number of ether oxygens (including phenoxy) is 1. The van der Waals surface area contributed by atoms with Crippen LogP contribution in [0.15, 0.2) is 42.7 Å². The molecule has 0 spiro atoms. The molecule has 0 unspecified atom stereocenters. The average molecular weight is 320 g/mol. The molecule has 0 aliphatic rings. The standard InChI is InChI=1S/C16H18ClN3O2/c1-22-15-5-4-13(9-14(15)17)20-16(21)6-8-19-11-12-3-2-7-18-10-12/h2-5,7,9-10,19H,6,8,11H2,1H3,(H,20,21). The van der Waals surface area contributed by atoms with Crippen molar-refractivity contribution in [2.24, 2.45) is 0 Å². The molecule has 1 heterocycles. The summed E-state index contributed by atoms with van der Waals surface area (Å²) in [5.74, 6) is 0.512. The van der Waals surface area contributed by atoms with Gasteiger partial charge < -0.3 is 15.4 Å². The first-order chi connectivity index (χ1) is 10.7. The number of hydrogen-bond donors (Lipinski definition) is 2. The number of amides is 1. The van der Waals surface area contributed by atoms with Crippen LogP contribution in [-0.4, -0.2) is 24.5 Å². The second-order valence-corrected chi connectivity index (χ2v) is 5.09. The van der Waals surface area contributed by atoms with Gasteiger partial charge in [-0.3, -0.25) is 9.78 Å². The third-order valence-electron chi connectivity index (χ3n) is 3.02. The van der Waals surface area contributed by atoms with Crippen LogP contribution in [0.3, 0.4) is 0 Å². The van der Waals surface area contributed by atoms with Crippen molar-refractivity contribution in [3.05, 3.63) is 53.3 Å². The average Bonchev–Trinajstić information content (AvgIpc) is 2.53. The Bertz CT molecular complexity index is 620. The summed E-state index contributed by atoms with van der Waals surface area (Å²) in [6.45, 7) is 1.28. The fraction of sp³-hybridized carbons (Fsp3) is 0.250. The second-order valence-electron chi connectivity index (χ2n) is 4.69. The highest BCUT2D eigenvalue weighted by Crippen LogP contribution is 2.27. The van der Waals surface area contributed by atoms with E-state index in [1.54, 1.807) is 37.7 Å². The van der Waals surface area contributed by atoms with Gasteiger partial charge in [0.1, 0.15) is 5.75 Å². The van der Waals surface area contributed by atoms with Crippen LogP contribution in [0.1, 0.15) is 12.0 Å². The lowest BCUT2D eigenvalue weighted by molar-refractivity contribution is -0.116. The van der Waals surface area contributed by atoms with Crippen LogP contribution in [0, 0.1) is 0 Å². The van der Waals surface area contributed by atoms with Crippen molar-refractivity contribution in [3.8, 4) is 5.75 Å². The number of rotatable bonds is 7. The molecule has 1 aromatic carbocycles. The molecule has 1 aromatic heterocycles. The Morgan fingerprint density at radius 2 is 2.23 bits per heavy atom. The molecule has 5 nitrogen and oxygen atoms in total. The Morgan fingerprint density at radius 3 is 2.91 bits per heavy atom. The fourth-order valence-electron chi connectivity index (χ4n) is 1.90. The molecule has 22 heavy (non-hydrogen) atoms. The third kappa shape index (κ3) is 5.02. The zero-order chi connectivity index (χ0) is 15.8. The molecule has 2 aromatic rings. The largest absolute Gasteiger partial charge is 0.495 e. The van der Waals surface area contributed by atoms with Gasteiger partial charge in [0, 0.05) is 37.6 Å². The zero-order valence-corrected chi connectivity index (χ0v) is 13.1. The first-order valence-electron chi connectivity index (χ1n) is 6.92. The molecule has 0 bridgehead atoms. The number of methoxy groups -OCH3 is 1. The van der Waals surface area contributed by atoms with Crippen molar-refractivity contribution in [1.29, 1.82) is 0 Å². The first-order valence-corrected chi connectivity index (χ1v) is 7.30. The van der Waals surface area contributed by atoms with Gasteiger partial charge in [-0.15, -0.1) is 0 Å². The molecule has 2 N–H and O–H groups in total. The van der Waals surface area contributed by atoms with E-state index in [1.165, 1.54) is 0 Å². The predicted molar refractivity (Wildman–Crippen MR) is 87.2 cm³/mol. The summed E-state index contributed by atoms with van der Waals surface area (Å²) in [6, 6.07) is 9.02. The van der Waals surface area contributed by atoms with E-state index < -0.39 is 0 Å². The molecule has 0 radical (unpaired) electrons. The van der Waals surface area contributed by atoms with Crippen molar-refractivity contribution in [2.45, 2.75) is 13.0 Å². The number of benzene rings is 1. The van der Waals surface area contributed by atoms with Gasteiger partial charge in [-0.05, 0) is 29.8 Å². The van der Waals surface area contributed by atoms with E-state index in [4.69, 9.17) is 16.3 Å². The molecule has 0 aliphatic heterocycles. The molecule has 116 valence electrons. The summed E-state index contributed by atoms with van der Waals surface area (Å²) in [4.78, 5) is 15.9. The van der Waals surface area contributed by atoms with E-state index in [1.807, 2.05) is 12.1 Å². The minimum atomic E-state index is -0.0695. The van der Waals surface area contributed by atoms with Crippen LogP contribution < -0.4 is 15.4 Å². The maximum Gasteiger partial charge on any atom is 0.225 e. The molecule has 6 heteroatoms. The van der Waals surface area contributed by atoms with E-state index in [9.17, 15) is 4.79 Å². The van der Waals surface area contributed by atoms with Gasteiger partial charge in [0.15, 0.2) is 0 Å². The Hall–Kier alpha value is -2.11. The lowest BCUT2D eigenvalue weighted by Gasteiger charge is -2.08. The van der Waals surface area contributed by atoms with Crippen LogP contribution in [0.25, 0.3) is 0 Å². The number of aromatic nitrogens is 1. The van der Waals surface area contributed by atoms with Gasteiger partial charge in [-0.2, -0.15) is 0 Å². The highest BCUT2D eigenvalue weighted by atomic mass is 35.5. The van der Waals surface area contributed by atoms with Crippen LogP contribution in [0.2, 0.25) is 5.02 Å². The molecular weight excluding hydrogens is 302 g/mol. The second kappa shape index (κ2) is 8.36. The Morgan fingerprint density at radius 1 is 1.36 bits per heavy atom. The molecule has 2 rings (SSSR count). The molecule has 0 aliphatic carbocycles. The topological polar surface area (TPSA) is 63.2 Å². The maximum absolute atomic E-state index is 11.9. The number of pyridine rings is 1. The van der Waals surface area contributed by atoms with Gasteiger partial charge in [0.25, 0.3) is 0 Å². The molecule has 0 saturated heterocycles. The van der Waals surface area contributed by atoms with Crippen molar-refractivity contribution < 1.29 is 9.53 Å². The summed E-state index contributed by atoms with van der Waals surface area (Å²) < 4.78 is 5.07. The highest BCUT2D eigenvalue weighted by Gasteiger charge is 2.05. The van der Waals surface area contributed by atoms with E-state index in [-0.39, 0.29) is 5.91 Å². The van der Waals surface area contributed by atoms with Gasteiger partial charge in [-0.25, -0.2) is 0 Å². The molecule has 0 atom stereocenters. The van der Waals surface area contributed by atoms with Crippen LogP contribution in [0.5, 0.6) is 5.75 Å². The van der Waals surface area contributed by atoms with Gasteiger partial charge >= 0.3 is 0 Å². The number of halogens is 1. The smallest absolute Gasteiger partial charge is 0.225 e. The monoisotopic (exact) mass is 319 g/mol. The minimum absolute atomic E-state index is 0.0695. The first kappa shape index (κ1) is 16.3. The molecular formula is C16H18ClN3O2. The van der Waals surface area contributed by atoms with Crippen molar-refractivity contribution >= 4 is 23.2 Å². The van der Waals surface area contributed by atoms with Crippen molar-refractivity contribution in [3.63, 3.8) is 0 Å². The molecule has 0 saturated carbocycles. The normalized spacial score (nSPS) is 10.3. The predicted octanol–water partition coefficient (Wildman–Crippen LogP) is 2.86. The maximum atomic E-state index is 11.9. The zero-order valence-electron chi connectivity index (χ0n) is 12.3. The van der Waals surface area contributed by atoms with E-state index in [0.29, 0.717) is 36.0 Å². The number of anilines is 1. The SMILES string of the molecule is COc1ccc(NC(=O)CCNCc2cccnc2)cc1Cl. The lowest BCUT2D eigenvalue weighted by atomic mass is 10.2. The lowest BCUT2D eigenvalue weighted by Crippen LogP contribution is -2.21. The fourth-order valence-corrected chi connectivity index (χ4v) is 2.16. The summed E-state index contributed by atoms with van der Waals surface area (Å²) >= 11 is 6.01. The Labute approximate surface area is 134 Å². The van der Waals surface area contributed by atoms with Crippen LogP contribution in [0.4, 0.5) is 5.69 Å². The highest BCUT2D eigenvalue weighted by molar-refractivity contribution is 6.32. The van der Waals surface area contributed by atoms with Crippen molar-refractivity contribution in [1.82, 2.24) is 10.3 Å². The molecule has 1 amide bonds. The van der Waals surface area contributed by atoms with E-state index >= 15 is 0 Å². The minimum Gasteiger partial charge on any atom is -0.495 e. The summed E-state index contributed by atoms with van der Waals surface area (Å²) in [7, 11) is 1.55. The summed E-state index contributed by atoms with van der Waals surface area (Å²) in [6.07, 6.45) is 3.91. The third-order valence-corrected chi connectivity index (χ3v) is 3.31. The number of hydrogen-bond acceptors (Lipinski definition) is 4. The van der Waals surface area contributed by atoms with Gasteiger partial charge in [0.2, 0.25) is 5.91 Å². The van der Waals surface area contributed by atoms with Gasteiger partial charge in [-0.1, -0.05) is 17.7 Å². The van der Waals surface area contributed by atoms with E-state index in [0.717, 1.165) is 5.56 Å².